The minimum atomic E-state index is -0.330. The second-order valence-electron chi connectivity index (χ2n) is 5.71. The van der Waals surface area contributed by atoms with Crippen molar-refractivity contribution in [2.45, 2.75) is 6.54 Å². The van der Waals surface area contributed by atoms with Crippen molar-refractivity contribution in [3.05, 3.63) is 53.8 Å². The van der Waals surface area contributed by atoms with Crippen molar-refractivity contribution in [2.75, 3.05) is 32.1 Å². The minimum Gasteiger partial charge on any atom is -0.486 e. The third-order valence-corrected chi connectivity index (χ3v) is 3.60. The van der Waals surface area contributed by atoms with Gasteiger partial charge >= 0.3 is 0 Å². The standard InChI is InChI=1S/C18H19FN2O3/c1-21(12-18(22)20-15-5-3-14(19)4-6-15)11-13-2-7-16-17(10-13)24-9-8-23-16/h2-7,10H,8-9,11-12H2,1H3,(H,20,22). The molecule has 1 aliphatic heterocycles. The lowest BCUT2D eigenvalue weighted by Gasteiger charge is -2.21. The van der Waals surface area contributed by atoms with Gasteiger partial charge in [-0.2, -0.15) is 0 Å². The Bertz CT molecular complexity index is 719. The lowest BCUT2D eigenvalue weighted by molar-refractivity contribution is -0.117. The van der Waals surface area contributed by atoms with Crippen LogP contribution >= 0.6 is 0 Å². The molecule has 0 saturated carbocycles. The lowest BCUT2D eigenvalue weighted by atomic mass is 10.2. The number of hydrogen-bond acceptors (Lipinski definition) is 4. The van der Waals surface area contributed by atoms with Gasteiger partial charge in [0.25, 0.3) is 0 Å². The van der Waals surface area contributed by atoms with Crippen LogP contribution in [0, 0.1) is 5.82 Å². The molecule has 2 aromatic carbocycles. The van der Waals surface area contributed by atoms with Gasteiger partial charge in [0.1, 0.15) is 19.0 Å². The molecule has 0 unspecified atom stereocenters. The number of hydrogen-bond donors (Lipinski definition) is 1. The van der Waals surface area contributed by atoms with Crippen LogP contribution in [0.4, 0.5) is 10.1 Å². The molecule has 1 aliphatic rings. The van der Waals surface area contributed by atoms with Crippen LogP contribution in [0.3, 0.4) is 0 Å². The lowest BCUT2D eigenvalue weighted by Crippen LogP contribution is -2.29. The van der Waals surface area contributed by atoms with Gasteiger partial charge in [0, 0.05) is 12.2 Å². The van der Waals surface area contributed by atoms with Crippen LogP contribution in [-0.4, -0.2) is 37.6 Å². The zero-order chi connectivity index (χ0) is 16.9. The number of carbonyl (C=O) groups is 1. The summed E-state index contributed by atoms with van der Waals surface area (Å²) in [6.45, 7) is 1.95. The average molecular weight is 330 g/mol. The third kappa shape index (κ3) is 4.23. The van der Waals surface area contributed by atoms with Crippen molar-refractivity contribution >= 4 is 11.6 Å². The van der Waals surface area contributed by atoms with Gasteiger partial charge in [-0.05, 0) is 49.0 Å². The van der Waals surface area contributed by atoms with Gasteiger partial charge in [0.2, 0.25) is 5.91 Å². The van der Waals surface area contributed by atoms with E-state index in [1.807, 2.05) is 30.1 Å². The molecule has 2 aromatic rings. The molecular formula is C18H19FN2O3. The fourth-order valence-electron chi connectivity index (χ4n) is 2.53. The van der Waals surface area contributed by atoms with Crippen LogP contribution in [0.25, 0.3) is 0 Å². The Morgan fingerprint density at radius 2 is 1.83 bits per heavy atom. The summed E-state index contributed by atoms with van der Waals surface area (Å²) in [5.74, 6) is 1.01. The second-order valence-corrected chi connectivity index (χ2v) is 5.71. The van der Waals surface area contributed by atoms with E-state index in [-0.39, 0.29) is 18.3 Å². The maximum Gasteiger partial charge on any atom is 0.238 e. The van der Waals surface area contributed by atoms with E-state index in [4.69, 9.17) is 9.47 Å². The molecule has 0 spiro atoms. The van der Waals surface area contributed by atoms with E-state index in [9.17, 15) is 9.18 Å². The van der Waals surface area contributed by atoms with Gasteiger partial charge in [-0.15, -0.1) is 0 Å². The highest BCUT2D eigenvalue weighted by Crippen LogP contribution is 2.30. The predicted octanol–water partition coefficient (Wildman–Crippen LogP) is 2.67. The zero-order valence-corrected chi connectivity index (χ0v) is 13.4. The normalized spacial score (nSPS) is 13.0. The molecule has 0 aliphatic carbocycles. The Hall–Kier alpha value is -2.60. The Balaban J connectivity index is 1.54. The van der Waals surface area contributed by atoms with Crippen molar-refractivity contribution in [3.8, 4) is 11.5 Å². The summed E-state index contributed by atoms with van der Waals surface area (Å²) in [7, 11) is 1.86. The molecule has 0 saturated heterocycles. The summed E-state index contributed by atoms with van der Waals surface area (Å²) in [4.78, 5) is 13.9. The topological polar surface area (TPSA) is 50.8 Å². The third-order valence-electron chi connectivity index (χ3n) is 3.60. The van der Waals surface area contributed by atoms with Crippen molar-refractivity contribution in [3.63, 3.8) is 0 Å². The Morgan fingerprint density at radius 1 is 1.12 bits per heavy atom. The smallest absolute Gasteiger partial charge is 0.238 e. The van der Waals surface area contributed by atoms with Crippen molar-refractivity contribution < 1.29 is 18.7 Å². The SMILES string of the molecule is CN(CC(=O)Nc1ccc(F)cc1)Cc1ccc2c(c1)OCCO2. The van der Waals surface area contributed by atoms with Crippen molar-refractivity contribution in [1.29, 1.82) is 0 Å². The maximum absolute atomic E-state index is 12.9. The molecule has 1 amide bonds. The molecule has 0 aromatic heterocycles. The molecule has 0 radical (unpaired) electrons. The predicted molar refractivity (Wildman–Crippen MR) is 88.8 cm³/mol. The number of rotatable bonds is 5. The molecule has 5 nitrogen and oxygen atoms in total. The van der Waals surface area contributed by atoms with Crippen molar-refractivity contribution in [2.24, 2.45) is 0 Å². The molecule has 0 atom stereocenters. The summed E-state index contributed by atoms with van der Waals surface area (Å²) in [5.41, 5.74) is 1.62. The highest BCUT2D eigenvalue weighted by Gasteiger charge is 2.13. The number of amides is 1. The van der Waals surface area contributed by atoms with Gasteiger partial charge in [0.05, 0.1) is 6.54 Å². The molecule has 126 valence electrons. The van der Waals surface area contributed by atoms with E-state index >= 15 is 0 Å². The van der Waals surface area contributed by atoms with Gasteiger partial charge < -0.3 is 14.8 Å². The number of carbonyl (C=O) groups excluding carboxylic acids is 1. The number of fused-ring (bicyclic) bond motifs is 1. The fraction of sp³-hybridized carbons (Fsp3) is 0.278. The highest BCUT2D eigenvalue weighted by atomic mass is 19.1. The number of likely N-dealkylation sites (N-methyl/N-ethyl adjacent to an activating group) is 1. The number of halogens is 1. The largest absolute Gasteiger partial charge is 0.486 e. The fourth-order valence-corrected chi connectivity index (χ4v) is 2.53. The maximum atomic E-state index is 12.9. The Kier molecular flexibility index (Phi) is 4.96. The van der Waals surface area contributed by atoms with Crippen LogP contribution in [0.1, 0.15) is 5.56 Å². The summed E-state index contributed by atoms with van der Waals surface area (Å²) in [5, 5.41) is 2.74. The molecule has 24 heavy (non-hydrogen) atoms. The number of benzene rings is 2. The number of anilines is 1. The molecule has 1 N–H and O–H groups in total. The summed E-state index contributed by atoms with van der Waals surface area (Å²) < 4.78 is 23.9. The van der Waals surface area contributed by atoms with Crippen LogP contribution in [0.15, 0.2) is 42.5 Å². The summed E-state index contributed by atoms with van der Waals surface area (Å²) in [6, 6.07) is 11.5. The van der Waals surface area contributed by atoms with Gasteiger partial charge in [-0.25, -0.2) is 4.39 Å². The van der Waals surface area contributed by atoms with E-state index in [2.05, 4.69) is 5.32 Å². The first-order valence-corrected chi connectivity index (χ1v) is 7.72. The van der Waals surface area contributed by atoms with Gasteiger partial charge in [-0.1, -0.05) is 6.07 Å². The zero-order valence-electron chi connectivity index (χ0n) is 13.4. The van der Waals surface area contributed by atoms with Crippen LogP contribution in [0.5, 0.6) is 11.5 Å². The second kappa shape index (κ2) is 7.31. The number of nitrogens with one attached hydrogen (secondary N) is 1. The number of ether oxygens (including phenoxy) is 2. The van der Waals surface area contributed by atoms with E-state index in [0.717, 1.165) is 17.1 Å². The molecular weight excluding hydrogens is 311 g/mol. The summed E-state index contributed by atoms with van der Waals surface area (Å²) in [6.07, 6.45) is 0. The molecule has 3 rings (SSSR count). The molecule has 0 bridgehead atoms. The van der Waals surface area contributed by atoms with Crippen molar-refractivity contribution in [1.82, 2.24) is 4.90 Å². The molecule has 1 heterocycles. The van der Waals surface area contributed by atoms with E-state index in [1.54, 1.807) is 0 Å². The molecule has 0 fully saturated rings. The average Bonchev–Trinajstić information content (AvgIpc) is 2.56. The first-order chi connectivity index (χ1) is 11.6. The molecule has 6 heteroatoms. The van der Waals surface area contributed by atoms with E-state index in [0.29, 0.717) is 25.4 Å². The quantitative estimate of drug-likeness (QED) is 0.916. The highest BCUT2D eigenvalue weighted by molar-refractivity contribution is 5.92. The summed E-state index contributed by atoms with van der Waals surface area (Å²) >= 11 is 0. The van der Waals surface area contributed by atoms with Gasteiger partial charge in [0.15, 0.2) is 11.5 Å². The van der Waals surface area contributed by atoms with Gasteiger partial charge in [-0.3, -0.25) is 9.69 Å². The number of nitrogens with zero attached hydrogens (tertiary/aromatic N) is 1. The van der Waals surface area contributed by atoms with Crippen LogP contribution < -0.4 is 14.8 Å². The van der Waals surface area contributed by atoms with E-state index < -0.39 is 0 Å². The van der Waals surface area contributed by atoms with Crippen LogP contribution in [-0.2, 0) is 11.3 Å². The van der Waals surface area contributed by atoms with Crippen LogP contribution in [0.2, 0.25) is 0 Å². The van der Waals surface area contributed by atoms with E-state index in [1.165, 1.54) is 24.3 Å². The Labute approximate surface area is 140 Å². The Morgan fingerprint density at radius 3 is 2.58 bits per heavy atom. The first-order valence-electron chi connectivity index (χ1n) is 7.72. The minimum absolute atomic E-state index is 0.151. The first kappa shape index (κ1) is 16.3. The monoisotopic (exact) mass is 330 g/mol.